The molecule has 0 amide bonds. The Morgan fingerprint density at radius 2 is 0.691 bits per heavy atom. The van der Waals surface area contributed by atoms with Crippen molar-refractivity contribution < 1.29 is 8.83 Å². The van der Waals surface area contributed by atoms with Gasteiger partial charge in [-0.3, -0.25) is 0 Å². The summed E-state index contributed by atoms with van der Waals surface area (Å²) in [5.41, 5.74) is 14.7. The van der Waals surface area contributed by atoms with Gasteiger partial charge in [0.2, 0.25) is 0 Å². The summed E-state index contributed by atoms with van der Waals surface area (Å²) in [4.78, 5) is 4.95. The second-order valence-electron chi connectivity index (χ2n) is 18.7. The highest BCUT2D eigenvalue weighted by Gasteiger charge is 2.28. The molecule has 0 saturated heterocycles. The van der Waals surface area contributed by atoms with Crippen LogP contribution in [0.5, 0.6) is 0 Å². The minimum absolute atomic E-state index is 0.863. The Labute approximate surface area is 392 Å². The van der Waals surface area contributed by atoms with Crippen LogP contribution in [-0.4, -0.2) is 0 Å². The van der Waals surface area contributed by atoms with E-state index in [1.54, 1.807) is 0 Å². The van der Waals surface area contributed by atoms with Gasteiger partial charge in [0.25, 0.3) is 0 Å². The summed E-state index contributed by atoms with van der Waals surface area (Å²) in [5.74, 6) is 0. The molecule has 14 rings (SSSR count). The Morgan fingerprint density at radius 3 is 1.16 bits per heavy atom. The van der Waals surface area contributed by atoms with Gasteiger partial charge in [-0.05, 0) is 120 Å². The fourth-order valence-corrected chi connectivity index (χ4v) is 11.4. The smallest absolute Gasteiger partial charge is 0.159 e. The number of anilines is 6. The molecule has 0 saturated carbocycles. The van der Waals surface area contributed by atoms with E-state index in [-0.39, 0.29) is 0 Å². The minimum Gasteiger partial charge on any atom is -0.454 e. The molecule has 2 aromatic heterocycles. The first-order valence-electron chi connectivity index (χ1n) is 23.5. The molecule has 0 radical (unpaired) electrons. The van der Waals surface area contributed by atoms with Gasteiger partial charge in [-0.2, -0.15) is 0 Å². The highest BCUT2D eigenvalue weighted by molar-refractivity contribution is 6.29. The Balaban J connectivity index is 1.09. The van der Waals surface area contributed by atoms with Crippen LogP contribution in [0.15, 0.2) is 203 Å². The van der Waals surface area contributed by atoms with Crippen molar-refractivity contribution in [2.24, 2.45) is 0 Å². The summed E-state index contributed by atoms with van der Waals surface area (Å²) in [6, 6.07) is 71.0. The van der Waals surface area contributed by atoms with Crippen molar-refractivity contribution in [1.29, 1.82) is 0 Å². The molecule has 0 atom stereocenters. The van der Waals surface area contributed by atoms with Crippen molar-refractivity contribution in [1.82, 2.24) is 0 Å². The second kappa shape index (κ2) is 14.4. The van der Waals surface area contributed by atoms with E-state index in [0.717, 1.165) is 88.8 Å². The van der Waals surface area contributed by atoms with Crippen LogP contribution in [0.3, 0.4) is 0 Å². The van der Waals surface area contributed by atoms with Gasteiger partial charge in [-0.1, -0.05) is 157 Å². The van der Waals surface area contributed by atoms with E-state index < -0.39 is 0 Å². The zero-order chi connectivity index (χ0) is 45.4. The van der Waals surface area contributed by atoms with Crippen LogP contribution < -0.4 is 9.80 Å². The lowest BCUT2D eigenvalue weighted by Gasteiger charge is -2.31. The molecule has 12 aromatic carbocycles. The molecule has 0 aliphatic heterocycles. The molecule has 0 fully saturated rings. The largest absolute Gasteiger partial charge is 0.454 e. The van der Waals surface area contributed by atoms with Crippen LogP contribution in [0.4, 0.5) is 34.1 Å². The van der Waals surface area contributed by atoms with E-state index >= 15 is 0 Å². The maximum atomic E-state index is 6.88. The Bertz CT molecular complexity index is 4110. The van der Waals surface area contributed by atoms with Crippen LogP contribution >= 0.6 is 0 Å². The maximum absolute atomic E-state index is 6.88. The molecule has 322 valence electrons. The highest BCUT2D eigenvalue weighted by Crippen LogP contribution is 2.53. The number of hydrogen-bond acceptors (Lipinski definition) is 4. The molecule has 0 N–H and O–H groups in total. The number of para-hydroxylation sites is 4. The van der Waals surface area contributed by atoms with Crippen molar-refractivity contribution in [2.75, 3.05) is 9.80 Å². The van der Waals surface area contributed by atoms with Crippen LogP contribution in [0, 0.1) is 27.7 Å². The number of furan rings is 2. The number of fused-ring (bicyclic) bond motifs is 8. The molecular formula is C64H44N2O2. The van der Waals surface area contributed by atoms with Gasteiger partial charge < -0.3 is 18.6 Å². The summed E-state index contributed by atoms with van der Waals surface area (Å²) in [7, 11) is 0. The SMILES string of the molecule is Cc1ccc2ccc(C)c(N(c3ccc4ccc5c(N(c6c(C)ccc7ccc(C)cc67)c6cccc7c6oc6ccccc67)ccc6ccc3c4c65)c3cccc4c3oc3ccccc34)c2c1. The van der Waals surface area contributed by atoms with E-state index in [1.165, 1.54) is 65.3 Å². The van der Waals surface area contributed by atoms with Crippen LogP contribution in [0.1, 0.15) is 22.3 Å². The molecule has 0 aliphatic rings. The monoisotopic (exact) mass is 872 g/mol. The third-order valence-electron chi connectivity index (χ3n) is 14.5. The lowest BCUT2D eigenvalue weighted by molar-refractivity contribution is 0.669. The Kier molecular flexibility index (Phi) is 8.21. The zero-order valence-electron chi connectivity index (χ0n) is 38.2. The molecule has 0 aliphatic carbocycles. The number of nitrogens with zero attached hydrogens (tertiary/aromatic N) is 2. The van der Waals surface area contributed by atoms with Crippen molar-refractivity contribution in [3.05, 3.63) is 216 Å². The quantitative estimate of drug-likeness (QED) is 0.156. The first-order chi connectivity index (χ1) is 33.4. The van der Waals surface area contributed by atoms with Gasteiger partial charge >= 0.3 is 0 Å². The number of rotatable bonds is 6. The van der Waals surface area contributed by atoms with Crippen LogP contribution in [0.25, 0.3) is 97.7 Å². The number of aryl methyl sites for hydroxylation is 4. The van der Waals surface area contributed by atoms with Gasteiger partial charge in [-0.25, -0.2) is 0 Å². The van der Waals surface area contributed by atoms with Gasteiger partial charge in [0.05, 0.1) is 34.1 Å². The maximum Gasteiger partial charge on any atom is 0.159 e. The fourth-order valence-electron chi connectivity index (χ4n) is 11.4. The molecule has 4 heteroatoms. The third kappa shape index (κ3) is 5.55. The van der Waals surface area contributed by atoms with Crippen molar-refractivity contribution >= 4 is 132 Å². The summed E-state index contributed by atoms with van der Waals surface area (Å²) in [6.45, 7) is 8.84. The first-order valence-corrected chi connectivity index (χ1v) is 23.5. The van der Waals surface area contributed by atoms with E-state index in [0.29, 0.717) is 0 Å². The second-order valence-corrected chi connectivity index (χ2v) is 18.7. The molecule has 14 aromatic rings. The molecule has 2 heterocycles. The summed E-state index contributed by atoms with van der Waals surface area (Å²) >= 11 is 0. The number of hydrogen-bond donors (Lipinski definition) is 0. The molecule has 68 heavy (non-hydrogen) atoms. The van der Waals surface area contributed by atoms with E-state index in [1.807, 2.05) is 0 Å². The van der Waals surface area contributed by atoms with Gasteiger partial charge in [0.1, 0.15) is 11.2 Å². The van der Waals surface area contributed by atoms with Gasteiger partial charge in [0, 0.05) is 43.1 Å². The fraction of sp³-hybridized carbons (Fsp3) is 0.0625. The first kappa shape index (κ1) is 38.6. The van der Waals surface area contributed by atoms with Crippen molar-refractivity contribution in [3.63, 3.8) is 0 Å². The highest BCUT2D eigenvalue weighted by atomic mass is 16.3. The van der Waals surface area contributed by atoms with Gasteiger partial charge in [0.15, 0.2) is 11.2 Å². The number of benzene rings is 12. The molecular weight excluding hydrogens is 829 g/mol. The van der Waals surface area contributed by atoms with E-state index in [2.05, 4.69) is 232 Å². The minimum atomic E-state index is 0.863. The lowest BCUT2D eigenvalue weighted by Crippen LogP contribution is -2.14. The average Bonchev–Trinajstić information content (AvgIpc) is 3.95. The normalized spacial score (nSPS) is 12.1. The predicted molar refractivity (Wildman–Crippen MR) is 288 cm³/mol. The van der Waals surface area contributed by atoms with Crippen LogP contribution in [0.2, 0.25) is 0 Å². The van der Waals surface area contributed by atoms with E-state index in [9.17, 15) is 0 Å². The van der Waals surface area contributed by atoms with Crippen molar-refractivity contribution in [3.8, 4) is 0 Å². The summed E-state index contributed by atoms with van der Waals surface area (Å²) in [6.07, 6.45) is 0. The van der Waals surface area contributed by atoms with Crippen LogP contribution in [-0.2, 0) is 0 Å². The molecule has 4 nitrogen and oxygen atoms in total. The predicted octanol–water partition coefficient (Wildman–Crippen LogP) is 18.9. The third-order valence-corrected chi connectivity index (χ3v) is 14.5. The standard InChI is InChI=1S/C64H44N2O2/c1-37-19-23-41-25-21-39(3)61(51(41)35-37)65(55-15-9-13-47-45-11-5-7-17-57(45)67-63(47)55)53-33-29-43-28-32-50-54(34-30-44-27-31-49(53)59(43)60(44)50)66(62-40(4)22-26-42-24-20-38(2)36-52(42)62)56-16-10-14-48-46-12-6-8-18-58(46)68-64(48)56/h5-36H,1-4H3. The molecule has 0 unspecified atom stereocenters. The van der Waals surface area contributed by atoms with Gasteiger partial charge in [-0.15, -0.1) is 0 Å². The summed E-state index contributed by atoms with van der Waals surface area (Å²) in [5, 5.41) is 16.3. The lowest BCUT2D eigenvalue weighted by atomic mass is 9.91. The Hall–Kier alpha value is -8.60. The zero-order valence-corrected chi connectivity index (χ0v) is 38.2. The molecule has 0 bridgehead atoms. The average molecular weight is 873 g/mol. The van der Waals surface area contributed by atoms with E-state index in [4.69, 9.17) is 8.83 Å². The summed E-state index contributed by atoms with van der Waals surface area (Å²) < 4.78 is 13.8. The molecule has 0 spiro atoms. The Morgan fingerprint density at radius 1 is 0.294 bits per heavy atom. The van der Waals surface area contributed by atoms with Crippen molar-refractivity contribution in [2.45, 2.75) is 27.7 Å². The topological polar surface area (TPSA) is 32.8 Å².